The minimum Gasteiger partial charge on any atom is -0.490 e. The molecule has 11 heteroatoms. The summed E-state index contributed by atoms with van der Waals surface area (Å²) in [6.07, 6.45) is 0. The van der Waals surface area contributed by atoms with E-state index in [0.717, 1.165) is 0 Å². The fourth-order valence-corrected chi connectivity index (χ4v) is 3.55. The zero-order valence-electron chi connectivity index (χ0n) is 17.0. The summed E-state index contributed by atoms with van der Waals surface area (Å²) in [6, 6.07) is 2.89. The van der Waals surface area contributed by atoms with E-state index in [1.807, 2.05) is 0 Å². The van der Waals surface area contributed by atoms with Gasteiger partial charge in [0.1, 0.15) is 0 Å². The summed E-state index contributed by atoms with van der Waals surface area (Å²) in [4.78, 5) is 36.4. The molecule has 0 spiro atoms. The number of hydrogen-bond acceptors (Lipinski definition) is 6. The van der Waals surface area contributed by atoms with Crippen LogP contribution in [0, 0.1) is 24.0 Å². The number of nitrogens with zero attached hydrogens (tertiary/aromatic N) is 1. The molecule has 0 aliphatic heterocycles. The highest BCUT2D eigenvalue weighted by molar-refractivity contribution is 5.61. The third-order valence-electron chi connectivity index (χ3n) is 4.78. The van der Waals surface area contributed by atoms with Gasteiger partial charge in [-0.2, -0.15) is 0 Å². The third kappa shape index (κ3) is 3.61. The van der Waals surface area contributed by atoms with Crippen molar-refractivity contribution in [2.24, 2.45) is 0 Å². The van der Waals surface area contributed by atoms with E-state index in [0.29, 0.717) is 17.0 Å². The number of hydrogen-bond donors (Lipinski definition) is 4. The van der Waals surface area contributed by atoms with Crippen LogP contribution >= 0.6 is 0 Å². The lowest BCUT2D eigenvalue weighted by molar-refractivity contribution is -0.386. The Morgan fingerprint density at radius 3 is 1.87 bits per heavy atom. The summed E-state index contributed by atoms with van der Waals surface area (Å²) in [6.45, 7) is 7.27. The maximum Gasteiger partial charge on any atom is 0.315 e. The lowest BCUT2D eigenvalue weighted by Crippen LogP contribution is -2.20. The topological polar surface area (TPSA) is 159 Å². The number of nitro groups is 1. The Hall–Kier alpha value is -3.76. The first kappa shape index (κ1) is 21.0. The SMILES string of the molecule is CCOc1cc(C(c2c(C)[nH][nH]c2=O)c2c(C)[nH][nH]c2=O)cc([N+](=O)[O-])c1OCC. The quantitative estimate of drug-likeness (QED) is 0.325. The number of aromatic nitrogens is 4. The molecule has 4 N–H and O–H groups in total. The van der Waals surface area contributed by atoms with Gasteiger partial charge in [-0.3, -0.25) is 29.9 Å². The highest BCUT2D eigenvalue weighted by atomic mass is 16.6. The Labute approximate surface area is 170 Å². The third-order valence-corrected chi connectivity index (χ3v) is 4.78. The van der Waals surface area contributed by atoms with Crippen LogP contribution in [0.3, 0.4) is 0 Å². The van der Waals surface area contributed by atoms with Gasteiger partial charge in [-0.1, -0.05) is 0 Å². The Morgan fingerprint density at radius 2 is 1.47 bits per heavy atom. The average Bonchev–Trinajstić information content (AvgIpc) is 3.20. The summed E-state index contributed by atoms with van der Waals surface area (Å²) < 4.78 is 11.1. The number of ether oxygens (including phenoxy) is 2. The molecule has 1 aromatic carbocycles. The summed E-state index contributed by atoms with van der Waals surface area (Å²) in [5.74, 6) is -0.697. The van der Waals surface area contributed by atoms with Crippen LogP contribution in [0.2, 0.25) is 0 Å². The zero-order chi connectivity index (χ0) is 22.0. The van der Waals surface area contributed by atoms with Crippen LogP contribution in [0.1, 0.15) is 47.8 Å². The highest BCUT2D eigenvalue weighted by Crippen LogP contribution is 2.43. The van der Waals surface area contributed by atoms with Crippen molar-refractivity contribution in [1.29, 1.82) is 0 Å². The van der Waals surface area contributed by atoms with Crippen molar-refractivity contribution in [1.82, 2.24) is 20.4 Å². The van der Waals surface area contributed by atoms with Gasteiger partial charge in [0, 0.05) is 23.4 Å². The first-order valence-corrected chi connectivity index (χ1v) is 9.42. The Bertz CT molecular complexity index is 1130. The first-order valence-electron chi connectivity index (χ1n) is 9.42. The van der Waals surface area contributed by atoms with Crippen LogP contribution in [-0.2, 0) is 0 Å². The molecule has 0 aliphatic carbocycles. The van der Waals surface area contributed by atoms with Crippen LogP contribution in [0.15, 0.2) is 21.7 Å². The molecule has 2 aromatic heterocycles. The molecule has 30 heavy (non-hydrogen) atoms. The lowest BCUT2D eigenvalue weighted by atomic mass is 9.85. The zero-order valence-corrected chi connectivity index (χ0v) is 17.0. The normalized spacial score (nSPS) is 11.1. The van der Waals surface area contributed by atoms with Crippen molar-refractivity contribution in [2.45, 2.75) is 33.6 Å². The molecule has 2 heterocycles. The molecule has 160 valence electrons. The van der Waals surface area contributed by atoms with Crippen LogP contribution in [0.4, 0.5) is 5.69 Å². The van der Waals surface area contributed by atoms with E-state index in [9.17, 15) is 19.7 Å². The number of aryl methyl sites for hydroxylation is 2. The second-order valence-corrected chi connectivity index (χ2v) is 6.66. The van der Waals surface area contributed by atoms with Crippen LogP contribution < -0.4 is 20.6 Å². The maximum atomic E-state index is 12.6. The van der Waals surface area contributed by atoms with Gasteiger partial charge in [0.25, 0.3) is 11.1 Å². The minimum absolute atomic E-state index is 0.00579. The molecule has 0 amide bonds. The molecular weight excluding hydrogens is 394 g/mol. The van der Waals surface area contributed by atoms with Crippen molar-refractivity contribution in [3.05, 3.63) is 71.0 Å². The molecule has 0 atom stereocenters. The van der Waals surface area contributed by atoms with Crippen LogP contribution in [-0.4, -0.2) is 38.5 Å². The Kier molecular flexibility index (Phi) is 5.81. The van der Waals surface area contributed by atoms with E-state index < -0.39 is 22.0 Å². The standard InChI is InChI=1S/C19H23N5O6/c1-5-29-13-8-11(7-12(24(27)28)17(13)30-6-2)16(14-9(3)20-22-18(14)25)15-10(4)21-23-19(15)26/h7-8,16H,5-6H2,1-4H3,(H2,20,22,25)(H2,21,23,26). The van der Waals surface area contributed by atoms with E-state index in [1.54, 1.807) is 33.8 Å². The van der Waals surface area contributed by atoms with E-state index >= 15 is 0 Å². The van der Waals surface area contributed by atoms with Gasteiger partial charge in [-0.15, -0.1) is 0 Å². The molecule has 0 saturated carbocycles. The summed E-state index contributed by atoms with van der Waals surface area (Å²) in [7, 11) is 0. The molecule has 0 radical (unpaired) electrons. The summed E-state index contributed by atoms with van der Waals surface area (Å²) >= 11 is 0. The van der Waals surface area contributed by atoms with Crippen molar-refractivity contribution < 1.29 is 14.4 Å². The number of nitro benzene ring substituents is 1. The Balaban J connectivity index is 2.38. The van der Waals surface area contributed by atoms with Gasteiger partial charge in [0.05, 0.1) is 29.3 Å². The summed E-state index contributed by atoms with van der Waals surface area (Å²) in [5.41, 5.74) is 0.790. The monoisotopic (exact) mass is 417 g/mol. The number of rotatable bonds is 8. The number of nitrogens with one attached hydrogen (secondary N) is 4. The molecule has 0 bridgehead atoms. The largest absolute Gasteiger partial charge is 0.490 e. The van der Waals surface area contributed by atoms with Gasteiger partial charge < -0.3 is 19.7 Å². The van der Waals surface area contributed by atoms with Gasteiger partial charge >= 0.3 is 5.69 Å². The van der Waals surface area contributed by atoms with E-state index in [4.69, 9.17) is 9.47 Å². The molecule has 3 rings (SSSR count). The smallest absolute Gasteiger partial charge is 0.315 e. The lowest BCUT2D eigenvalue weighted by Gasteiger charge is -2.19. The Morgan fingerprint density at radius 1 is 0.933 bits per heavy atom. The molecule has 0 aliphatic rings. The predicted molar refractivity (Wildman–Crippen MR) is 109 cm³/mol. The van der Waals surface area contributed by atoms with Gasteiger partial charge in [0.15, 0.2) is 5.75 Å². The van der Waals surface area contributed by atoms with Crippen molar-refractivity contribution >= 4 is 5.69 Å². The molecule has 0 fully saturated rings. The fraction of sp³-hybridized carbons (Fsp3) is 0.368. The number of aromatic amines is 4. The predicted octanol–water partition coefficient (Wildman–Crippen LogP) is 2.22. The highest BCUT2D eigenvalue weighted by Gasteiger charge is 2.32. The van der Waals surface area contributed by atoms with Crippen LogP contribution in [0.5, 0.6) is 11.5 Å². The molecule has 0 unspecified atom stereocenters. The molecule has 11 nitrogen and oxygen atoms in total. The average molecular weight is 417 g/mol. The fourth-order valence-electron chi connectivity index (χ4n) is 3.55. The van der Waals surface area contributed by atoms with Crippen LogP contribution in [0.25, 0.3) is 0 Å². The van der Waals surface area contributed by atoms with Crippen molar-refractivity contribution in [2.75, 3.05) is 13.2 Å². The first-order chi connectivity index (χ1) is 14.3. The maximum absolute atomic E-state index is 12.6. The van der Waals surface area contributed by atoms with E-state index in [2.05, 4.69) is 20.4 Å². The summed E-state index contributed by atoms with van der Waals surface area (Å²) in [5, 5.41) is 22.3. The molecule has 3 aromatic rings. The second kappa shape index (κ2) is 8.31. The van der Waals surface area contributed by atoms with Crippen molar-refractivity contribution in [3.63, 3.8) is 0 Å². The van der Waals surface area contributed by atoms with E-state index in [1.165, 1.54) is 6.07 Å². The molecular formula is C19H23N5O6. The number of H-pyrrole nitrogens is 4. The van der Waals surface area contributed by atoms with Gasteiger partial charge in [-0.05, 0) is 39.3 Å². The number of benzene rings is 1. The molecule has 0 saturated heterocycles. The van der Waals surface area contributed by atoms with Gasteiger partial charge in [-0.25, -0.2) is 0 Å². The minimum atomic E-state index is -0.872. The van der Waals surface area contributed by atoms with Gasteiger partial charge in [0.2, 0.25) is 5.75 Å². The van der Waals surface area contributed by atoms with E-state index in [-0.39, 0.29) is 41.5 Å². The van der Waals surface area contributed by atoms with Crippen molar-refractivity contribution in [3.8, 4) is 11.5 Å². The second-order valence-electron chi connectivity index (χ2n) is 6.66.